The molecule has 1 fully saturated rings. The van der Waals surface area contributed by atoms with Crippen molar-refractivity contribution in [2.75, 3.05) is 27.2 Å². The van der Waals surface area contributed by atoms with Gasteiger partial charge in [0.1, 0.15) is 5.82 Å². The first-order chi connectivity index (χ1) is 11.9. The second-order valence-corrected chi connectivity index (χ2v) is 7.60. The van der Waals surface area contributed by atoms with E-state index >= 15 is 0 Å². The topological polar surface area (TPSA) is 42.9 Å². The number of allylic oxidation sites excluding steroid dienone is 1. The van der Waals surface area contributed by atoms with Crippen LogP contribution < -0.4 is 10.6 Å². The second kappa shape index (κ2) is 7.58. The normalized spacial score (nSPS) is 24.7. The van der Waals surface area contributed by atoms with Crippen molar-refractivity contribution in [1.29, 1.82) is 0 Å². The fourth-order valence-electron chi connectivity index (χ4n) is 3.50. The Balaban J connectivity index is 1.48. The van der Waals surface area contributed by atoms with Crippen LogP contribution in [0.2, 0.25) is 0 Å². The molecule has 25 heavy (non-hydrogen) atoms. The van der Waals surface area contributed by atoms with Crippen LogP contribution in [0.25, 0.3) is 0 Å². The number of benzene rings is 1. The van der Waals surface area contributed by atoms with E-state index in [9.17, 15) is 0 Å². The molecular formula is C20H31N5. The summed E-state index contributed by atoms with van der Waals surface area (Å²) in [7, 11) is 4.09. The number of aryl methyl sites for hydroxylation is 1. The molecule has 1 atom stereocenters. The molecule has 136 valence electrons. The quantitative estimate of drug-likeness (QED) is 0.862. The second-order valence-electron chi connectivity index (χ2n) is 7.60. The van der Waals surface area contributed by atoms with Crippen LogP contribution in [0.3, 0.4) is 0 Å². The number of hydrogen-bond acceptors (Lipinski definition) is 5. The maximum absolute atomic E-state index is 4.62. The predicted octanol–water partition coefficient (Wildman–Crippen LogP) is 2.30. The SMILES string of the molecule is Cc1ccc(CN2CCC(NC3(C)N=CC=C(N(C)C)N3)CC2)cc1. The lowest BCUT2D eigenvalue weighted by atomic mass is 10.0. The van der Waals surface area contributed by atoms with Gasteiger partial charge in [0.15, 0.2) is 5.79 Å². The summed E-state index contributed by atoms with van der Waals surface area (Å²) in [6.45, 7) is 7.55. The molecule has 0 bridgehead atoms. The number of nitrogens with zero attached hydrogens (tertiary/aromatic N) is 3. The average Bonchev–Trinajstić information content (AvgIpc) is 2.58. The van der Waals surface area contributed by atoms with E-state index in [1.54, 1.807) is 0 Å². The maximum Gasteiger partial charge on any atom is 0.183 e. The van der Waals surface area contributed by atoms with Gasteiger partial charge in [0, 0.05) is 32.9 Å². The molecule has 1 aromatic carbocycles. The third-order valence-electron chi connectivity index (χ3n) is 5.02. The molecule has 1 saturated heterocycles. The third-order valence-corrected chi connectivity index (χ3v) is 5.02. The van der Waals surface area contributed by atoms with E-state index in [1.807, 2.05) is 26.4 Å². The van der Waals surface area contributed by atoms with Gasteiger partial charge in [-0.3, -0.25) is 15.2 Å². The first-order valence-electron chi connectivity index (χ1n) is 9.20. The average molecular weight is 342 g/mol. The minimum Gasteiger partial charge on any atom is -0.364 e. The van der Waals surface area contributed by atoms with Crippen LogP contribution in [-0.2, 0) is 6.54 Å². The molecule has 1 unspecified atom stereocenters. The predicted molar refractivity (Wildman–Crippen MR) is 104 cm³/mol. The number of likely N-dealkylation sites (tertiary alicyclic amines) is 1. The van der Waals surface area contributed by atoms with Gasteiger partial charge in [-0.05, 0) is 51.4 Å². The first-order valence-corrected chi connectivity index (χ1v) is 9.20. The Kier molecular flexibility index (Phi) is 5.45. The number of piperidine rings is 1. The third kappa shape index (κ3) is 4.83. The van der Waals surface area contributed by atoms with Crippen LogP contribution in [0.1, 0.15) is 30.9 Å². The van der Waals surface area contributed by atoms with Crippen molar-refractivity contribution in [1.82, 2.24) is 20.4 Å². The molecule has 5 heteroatoms. The van der Waals surface area contributed by atoms with Crippen LogP contribution in [0.15, 0.2) is 41.2 Å². The number of aliphatic imine (C=N–C) groups is 1. The van der Waals surface area contributed by atoms with Gasteiger partial charge in [-0.2, -0.15) is 0 Å². The minimum absolute atomic E-state index is 0.419. The number of nitrogens with one attached hydrogen (secondary N) is 2. The molecule has 0 spiro atoms. The fourth-order valence-corrected chi connectivity index (χ4v) is 3.50. The minimum atomic E-state index is -0.419. The van der Waals surface area contributed by atoms with Crippen molar-refractivity contribution in [3.63, 3.8) is 0 Å². The molecular weight excluding hydrogens is 310 g/mol. The van der Waals surface area contributed by atoms with E-state index in [0.717, 1.165) is 38.3 Å². The van der Waals surface area contributed by atoms with Gasteiger partial charge >= 0.3 is 0 Å². The molecule has 2 heterocycles. The van der Waals surface area contributed by atoms with E-state index < -0.39 is 5.79 Å². The highest BCUT2D eigenvalue weighted by Crippen LogP contribution is 2.18. The highest BCUT2D eigenvalue weighted by molar-refractivity contribution is 5.73. The summed E-state index contributed by atoms with van der Waals surface area (Å²) in [5, 5.41) is 7.21. The molecule has 2 aliphatic heterocycles. The first kappa shape index (κ1) is 18.0. The van der Waals surface area contributed by atoms with Crippen molar-refractivity contribution in [2.45, 2.75) is 45.1 Å². The summed E-state index contributed by atoms with van der Waals surface area (Å²) in [4.78, 5) is 9.25. The van der Waals surface area contributed by atoms with Crippen LogP contribution >= 0.6 is 0 Å². The van der Waals surface area contributed by atoms with Gasteiger partial charge in [0.2, 0.25) is 0 Å². The van der Waals surface area contributed by atoms with Gasteiger partial charge < -0.3 is 10.2 Å². The largest absolute Gasteiger partial charge is 0.364 e. The van der Waals surface area contributed by atoms with E-state index in [0.29, 0.717) is 6.04 Å². The monoisotopic (exact) mass is 341 g/mol. The maximum atomic E-state index is 4.62. The Morgan fingerprint density at radius 3 is 2.56 bits per heavy atom. The van der Waals surface area contributed by atoms with Gasteiger partial charge in [0.05, 0.1) is 0 Å². The summed E-state index contributed by atoms with van der Waals surface area (Å²) in [6, 6.07) is 9.39. The molecule has 0 aromatic heterocycles. The summed E-state index contributed by atoms with van der Waals surface area (Å²) < 4.78 is 0. The molecule has 3 rings (SSSR count). The van der Waals surface area contributed by atoms with Gasteiger partial charge in [-0.1, -0.05) is 29.8 Å². The van der Waals surface area contributed by atoms with Crippen LogP contribution in [-0.4, -0.2) is 55.0 Å². The Hall–Kier alpha value is -1.85. The molecule has 2 aliphatic rings. The van der Waals surface area contributed by atoms with Crippen LogP contribution in [0, 0.1) is 6.92 Å². The molecule has 0 radical (unpaired) electrons. The zero-order chi connectivity index (χ0) is 17.9. The zero-order valence-electron chi connectivity index (χ0n) is 15.9. The van der Waals surface area contributed by atoms with Crippen LogP contribution in [0.4, 0.5) is 0 Å². The lowest BCUT2D eigenvalue weighted by Gasteiger charge is -2.40. The smallest absolute Gasteiger partial charge is 0.183 e. The Bertz CT molecular complexity index is 626. The van der Waals surface area contributed by atoms with E-state index in [4.69, 9.17) is 0 Å². The molecule has 0 amide bonds. The fraction of sp³-hybridized carbons (Fsp3) is 0.550. The van der Waals surface area contributed by atoms with Gasteiger partial charge in [-0.15, -0.1) is 0 Å². The van der Waals surface area contributed by atoms with Gasteiger partial charge in [0.25, 0.3) is 0 Å². The summed E-state index contributed by atoms with van der Waals surface area (Å²) in [5.41, 5.74) is 2.73. The summed E-state index contributed by atoms with van der Waals surface area (Å²) >= 11 is 0. The lowest BCUT2D eigenvalue weighted by molar-refractivity contribution is 0.158. The molecule has 0 aliphatic carbocycles. The summed E-state index contributed by atoms with van der Waals surface area (Å²) in [6.07, 6.45) is 6.21. The molecule has 1 aromatic rings. The van der Waals surface area contributed by atoms with Crippen molar-refractivity contribution in [3.8, 4) is 0 Å². The highest BCUT2D eigenvalue weighted by atomic mass is 15.4. The number of hydrogen-bond donors (Lipinski definition) is 2. The van der Waals surface area contributed by atoms with Crippen molar-refractivity contribution in [2.24, 2.45) is 4.99 Å². The molecule has 2 N–H and O–H groups in total. The highest BCUT2D eigenvalue weighted by Gasteiger charge is 2.30. The van der Waals surface area contributed by atoms with Crippen molar-refractivity contribution in [3.05, 3.63) is 47.3 Å². The van der Waals surface area contributed by atoms with Crippen molar-refractivity contribution < 1.29 is 0 Å². The Morgan fingerprint density at radius 1 is 1.24 bits per heavy atom. The number of rotatable bonds is 5. The zero-order valence-corrected chi connectivity index (χ0v) is 15.9. The molecule has 0 saturated carbocycles. The standard InChI is InChI=1S/C20H31N5/c1-16-5-7-17(8-6-16)15-25-13-10-18(11-14-25)22-20(2)21-12-9-19(23-20)24(3)4/h5-9,12,18,22-23H,10-11,13-15H2,1-4H3. The van der Waals surface area contributed by atoms with Crippen molar-refractivity contribution >= 4 is 6.21 Å². The molecule has 5 nitrogen and oxygen atoms in total. The summed E-state index contributed by atoms with van der Waals surface area (Å²) in [5.74, 6) is 0.667. The Labute approximate surface area is 151 Å². The lowest BCUT2D eigenvalue weighted by Crippen LogP contribution is -2.60. The van der Waals surface area contributed by atoms with E-state index in [-0.39, 0.29) is 0 Å². The Morgan fingerprint density at radius 2 is 1.92 bits per heavy atom. The van der Waals surface area contributed by atoms with E-state index in [2.05, 4.69) is 63.5 Å². The van der Waals surface area contributed by atoms with Gasteiger partial charge in [-0.25, -0.2) is 0 Å². The van der Waals surface area contributed by atoms with E-state index in [1.165, 1.54) is 11.1 Å². The van der Waals surface area contributed by atoms with Crippen LogP contribution in [0.5, 0.6) is 0 Å².